The maximum Gasteiger partial charge on any atom is 0.254 e. The van der Waals surface area contributed by atoms with Crippen molar-refractivity contribution in [2.75, 3.05) is 0 Å². The normalized spacial score (nSPS) is 11.3. The number of hydrogen-bond donors (Lipinski definition) is 2. The number of benzene rings is 2. The Balaban J connectivity index is 1.60. The van der Waals surface area contributed by atoms with Crippen LogP contribution in [0.1, 0.15) is 10.4 Å². The Morgan fingerprint density at radius 1 is 0.949 bits per heavy atom. The number of carbonyl (C=O) groups is 1. The monoisotopic (exact) mass is 543 g/mol. The summed E-state index contributed by atoms with van der Waals surface area (Å²) in [6.07, 6.45) is 4.66. The molecule has 0 fully saturated rings. The molecule has 11 heteroatoms. The first-order chi connectivity index (χ1) is 18.8. The second-order valence-corrected chi connectivity index (χ2v) is 8.93. The van der Waals surface area contributed by atoms with Gasteiger partial charge in [0.25, 0.3) is 5.91 Å². The molecule has 1 amide bonds. The highest BCUT2D eigenvalue weighted by Crippen LogP contribution is 2.35. The topological polar surface area (TPSA) is 116 Å². The van der Waals surface area contributed by atoms with E-state index in [1.807, 2.05) is 0 Å². The quantitative estimate of drug-likeness (QED) is 0.287. The number of aromatic amines is 1. The molecule has 0 radical (unpaired) electrons. The second-order valence-electron chi connectivity index (χ2n) is 8.52. The van der Waals surface area contributed by atoms with Gasteiger partial charge >= 0.3 is 0 Å². The van der Waals surface area contributed by atoms with Crippen LogP contribution in [0.25, 0.3) is 39.0 Å². The Bertz CT molecular complexity index is 2000. The molecule has 0 aliphatic rings. The van der Waals surface area contributed by atoms with E-state index in [2.05, 4.69) is 15.0 Å². The van der Waals surface area contributed by atoms with Crippen LogP contribution in [0, 0.1) is 11.6 Å². The van der Waals surface area contributed by atoms with Gasteiger partial charge in [0.1, 0.15) is 28.4 Å². The molecule has 0 saturated heterocycles. The van der Waals surface area contributed by atoms with Gasteiger partial charge in [0.15, 0.2) is 11.6 Å². The van der Waals surface area contributed by atoms with Crippen LogP contribution in [0.2, 0.25) is 5.02 Å². The average molecular weight is 544 g/mol. The van der Waals surface area contributed by atoms with Gasteiger partial charge in [-0.05, 0) is 60.7 Å². The third-order valence-electron chi connectivity index (χ3n) is 6.18. The molecule has 6 rings (SSSR count). The summed E-state index contributed by atoms with van der Waals surface area (Å²) in [7, 11) is 0. The van der Waals surface area contributed by atoms with Crippen molar-refractivity contribution in [2.45, 2.75) is 0 Å². The van der Waals surface area contributed by atoms with Crippen molar-refractivity contribution < 1.29 is 18.3 Å². The molecule has 0 unspecified atom stereocenters. The largest absolute Gasteiger partial charge is 0.453 e. The lowest BCUT2D eigenvalue weighted by Crippen LogP contribution is -2.26. The number of primary amides is 1. The summed E-state index contributed by atoms with van der Waals surface area (Å²) >= 11 is 6.06. The fourth-order valence-electron chi connectivity index (χ4n) is 4.46. The van der Waals surface area contributed by atoms with Gasteiger partial charge in [0.05, 0.1) is 21.5 Å². The van der Waals surface area contributed by atoms with E-state index in [4.69, 9.17) is 22.1 Å². The smallest absolute Gasteiger partial charge is 0.254 e. The fourth-order valence-corrected chi connectivity index (χ4v) is 4.64. The number of ether oxygens (including phenoxy) is 1. The van der Waals surface area contributed by atoms with Crippen LogP contribution in [0.5, 0.6) is 11.5 Å². The van der Waals surface area contributed by atoms with E-state index in [1.165, 1.54) is 53.4 Å². The van der Waals surface area contributed by atoms with Crippen molar-refractivity contribution in [1.82, 2.24) is 19.5 Å². The van der Waals surface area contributed by atoms with Gasteiger partial charge in [-0.15, -0.1) is 0 Å². The summed E-state index contributed by atoms with van der Waals surface area (Å²) in [5.41, 5.74) is 5.66. The Morgan fingerprint density at radius 3 is 2.56 bits per heavy atom. The van der Waals surface area contributed by atoms with Crippen molar-refractivity contribution >= 4 is 39.6 Å². The molecular formula is C28H16ClF2N5O3. The van der Waals surface area contributed by atoms with Crippen molar-refractivity contribution in [3.8, 4) is 28.4 Å². The van der Waals surface area contributed by atoms with Gasteiger partial charge in [-0.25, -0.2) is 18.7 Å². The molecule has 0 bridgehead atoms. The molecule has 39 heavy (non-hydrogen) atoms. The zero-order valence-corrected chi connectivity index (χ0v) is 20.5. The molecule has 2 aromatic carbocycles. The molecule has 4 aromatic heterocycles. The standard InChI is InChI=1S/C28H16ClF2N5O3/c29-18-13-15(4-5-19(18)30)36-24(23(26(32)38)25(37)17-2-1-9-35-28(17)36)14-3-6-22(20(31)12-14)39-21-8-11-34-27-16(21)7-10-33-27/h1-13H,(H2,32,38)(H,33,34). The zero-order valence-electron chi connectivity index (χ0n) is 19.8. The second kappa shape index (κ2) is 9.34. The Morgan fingerprint density at radius 2 is 1.79 bits per heavy atom. The lowest BCUT2D eigenvalue weighted by molar-refractivity contribution is 0.0999. The predicted octanol–water partition coefficient (Wildman–Crippen LogP) is 5.75. The van der Waals surface area contributed by atoms with Gasteiger partial charge in [-0.1, -0.05) is 11.6 Å². The van der Waals surface area contributed by atoms with Crippen LogP contribution in [0.15, 0.2) is 84.0 Å². The van der Waals surface area contributed by atoms with Crippen LogP contribution in [0.3, 0.4) is 0 Å². The zero-order chi connectivity index (χ0) is 27.3. The molecule has 0 spiro atoms. The van der Waals surface area contributed by atoms with Crippen LogP contribution in [-0.4, -0.2) is 25.4 Å². The molecule has 4 heterocycles. The summed E-state index contributed by atoms with van der Waals surface area (Å²) in [6.45, 7) is 0. The average Bonchev–Trinajstić information content (AvgIpc) is 3.41. The first-order valence-electron chi connectivity index (χ1n) is 11.5. The van der Waals surface area contributed by atoms with Crippen LogP contribution >= 0.6 is 11.6 Å². The van der Waals surface area contributed by atoms with Gasteiger partial charge in [-0.3, -0.25) is 14.2 Å². The van der Waals surface area contributed by atoms with Gasteiger partial charge in [0, 0.05) is 29.8 Å². The van der Waals surface area contributed by atoms with E-state index >= 15 is 4.39 Å². The first kappa shape index (κ1) is 24.3. The fraction of sp³-hybridized carbons (Fsp3) is 0. The number of amides is 1. The van der Waals surface area contributed by atoms with E-state index in [1.54, 1.807) is 18.3 Å². The molecule has 0 aliphatic heterocycles. The Labute approximate surface area is 223 Å². The molecular weight excluding hydrogens is 528 g/mol. The van der Waals surface area contributed by atoms with Crippen molar-refractivity contribution in [1.29, 1.82) is 0 Å². The molecule has 3 N–H and O–H groups in total. The van der Waals surface area contributed by atoms with E-state index < -0.39 is 28.5 Å². The Kier molecular flexibility index (Phi) is 5.81. The van der Waals surface area contributed by atoms with Crippen molar-refractivity contribution in [3.05, 3.63) is 112 Å². The number of H-pyrrole nitrogens is 1. The summed E-state index contributed by atoms with van der Waals surface area (Å²) in [6, 6.07) is 14.1. The summed E-state index contributed by atoms with van der Waals surface area (Å²) in [5, 5.41) is 0.536. The number of nitrogens with one attached hydrogen (secondary N) is 1. The predicted molar refractivity (Wildman–Crippen MR) is 142 cm³/mol. The number of fused-ring (bicyclic) bond motifs is 2. The summed E-state index contributed by atoms with van der Waals surface area (Å²) in [5.74, 6) is -2.21. The first-order valence-corrected chi connectivity index (χ1v) is 11.9. The number of pyridine rings is 3. The Hall–Kier alpha value is -5.09. The van der Waals surface area contributed by atoms with E-state index in [0.717, 1.165) is 12.1 Å². The third-order valence-corrected chi connectivity index (χ3v) is 6.47. The molecule has 0 saturated carbocycles. The number of rotatable bonds is 5. The highest BCUT2D eigenvalue weighted by atomic mass is 35.5. The maximum absolute atomic E-state index is 15.5. The lowest BCUT2D eigenvalue weighted by atomic mass is 10.0. The minimum absolute atomic E-state index is 0.0382. The number of nitrogens with two attached hydrogens (primary N) is 1. The van der Waals surface area contributed by atoms with Gasteiger partial charge < -0.3 is 15.5 Å². The summed E-state index contributed by atoms with van der Waals surface area (Å²) in [4.78, 5) is 37.5. The lowest BCUT2D eigenvalue weighted by Gasteiger charge is -2.20. The van der Waals surface area contributed by atoms with Crippen molar-refractivity contribution in [2.24, 2.45) is 5.73 Å². The molecule has 0 aliphatic carbocycles. The number of halogens is 3. The third kappa shape index (κ3) is 4.07. The van der Waals surface area contributed by atoms with Gasteiger partial charge in [-0.2, -0.15) is 0 Å². The van der Waals surface area contributed by atoms with Gasteiger partial charge in [0.2, 0.25) is 5.43 Å². The molecule has 8 nitrogen and oxygen atoms in total. The SMILES string of the molecule is NC(=O)c1c(-c2ccc(Oc3ccnc4[nH]ccc34)c(F)c2)n(-c2ccc(F)c(Cl)c2)c2ncccc2c1=O. The highest BCUT2D eigenvalue weighted by Gasteiger charge is 2.25. The summed E-state index contributed by atoms with van der Waals surface area (Å²) < 4.78 is 36.8. The minimum atomic E-state index is -1.03. The van der Waals surface area contributed by atoms with E-state index in [-0.39, 0.29) is 38.8 Å². The van der Waals surface area contributed by atoms with E-state index in [0.29, 0.717) is 16.8 Å². The van der Waals surface area contributed by atoms with Crippen LogP contribution in [-0.2, 0) is 0 Å². The van der Waals surface area contributed by atoms with E-state index in [9.17, 15) is 14.0 Å². The van der Waals surface area contributed by atoms with Crippen LogP contribution in [0.4, 0.5) is 8.78 Å². The number of nitrogens with zero attached hydrogens (tertiary/aromatic N) is 3. The number of hydrogen-bond acceptors (Lipinski definition) is 5. The highest BCUT2D eigenvalue weighted by molar-refractivity contribution is 6.30. The van der Waals surface area contributed by atoms with Crippen LogP contribution < -0.4 is 15.9 Å². The maximum atomic E-state index is 15.5. The molecule has 6 aromatic rings. The van der Waals surface area contributed by atoms with Crippen molar-refractivity contribution in [3.63, 3.8) is 0 Å². The molecule has 0 atom stereocenters. The number of aromatic nitrogens is 4. The number of carbonyl (C=O) groups excluding carboxylic acids is 1. The minimum Gasteiger partial charge on any atom is -0.453 e. The molecule has 192 valence electrons.